The molecule has 1 N–H and O–H groups in total. The van der Waals surface area contributed by atoms with Crippen molar-refractivity contribution in [3.8, 4) is 0 Å². The normalized spacial score (nSPS) is 16.5. The molecule has 0 aliphatic carbocycles. The van der Waals surface area contributed by atoms with Crippen molar-refractivity contribution in [1.29, 1.82) is 0 Å². The fourth-order valence-corrected chi connectivity index (χ4v) is 4.25. The fourth-order valence-electron chi connectivity index (χ4n) is 3.32. The highest BCUT2D eigenvalue weighted by atomic mass is 32.2. The second-order valence-electron chi connectivity index (χ2n) is 7.12. The number of carbonyl (C=O) groups is 1. The summed E-state index contributed by atoms with van der Waals surface area (Å²) in [5.41, 5.74) is 3.66. The van der Waals surface area contributed by atoms with E-state index in [1.165, 1.54) is 25.7 Å². The number of anilines is 2. The van der Waals surface area contributed by atoms with E-state index in [-0.39, 0.29) is 23.4 Å². The molecule has 6 nitrogen and oxygen atoms in total. The number of rotatable bonds is 5. The van der Waals surface area contributed by atoms with Gasteiger partial charge >= 0.3 is 0 Å². The molecule has 1 amide bonds. The lowest BCUT2D eigenvalue weighted by Gasteiger charge is -2.24. The molecule has 27 heavy (non-hydrogen) atoms. The van der Waals surface area contributed by atoms with E-state index in [0.29, 0.717) is 5.69 Å². The van der Waals surface area contributed by atoms with Gasteiger partial charge in [0.1, 0.15) is 0 Å². The maximum absolute atomic E-state index is 12.7. The number of nitrogens with zero attached hydrogens (tertiary/aromatic N) is 2. The van der Waals surface area contributed by atoms with Crippen LogP contribution in [-0.4, -0.2) is 45.3 Å². The minimum absolute atomic E-state index is 0.160. The number of fused-ring (bicyclic) bond motifs is 1. The predicted molar refractivity (Wildman–Crippen MR) is 108 cm³/mol. The molecule has 1 aliphatic rings. The lowest BCUT2D eigenvalue weighted by atomic mass is 10.1. The van der Waals surface area contributed by atoms with Crippen LogP contribution in [0.1, 0.15) is 18.1 Å². The monoisotopic (exact) mass is 387 g/mol. The molecule has 2 aromatic rings. The van der Waals surface area contributed by atoms with Crippen molar-refractivity contribution in [2.24, 2.45) is 0 Å². The van der Waals surface area contributed by atoms with Gasteiger partial charge < -0.3 is 10.2 Å². The third kappa shape index (κ3) is 3.84. The molecule has 0 radical (unpaired) electrons. The standard InChI is InChI=1S/C20H25N3O3S/c1-14-9-10-17(27(25,26)22(3)4)12-18(14)21-20(24)13-23-15(2)11-16-7-5-6-8-19(16)23/h5-10,12,15H,11,13H2,1-4H3,(H,21,24). The van der Waals surface area contributed by atoms with Gasteiger partial charge in [0.25, 0.3) is 0 Å². The third-order valence-electron chi connectivity index (χ3n) is 4.92. The average Bonchev–Trinajstić information content (AvgIpc) is 2.92. The van der Waals surface area contributed by atoms with E-state index in [4.69, 9.17) is 0 Å². The summed E-state index contributed by atoms with van der Waals surface area (Å²) in [4.78, 5) is 14.9. The van der Waals surface area contributed by atoms with Crippen LogP contribution in [0.3, 0.4) is 0 Å². The van der Waals surface area contributed by atoms with Crippen molar-refractivity contribution in [2.75, 3.05) is 30.9 Å². The molecule has 3 rings (SSSR count). The Balaban J connectivity index is 1.79. The first kappa shape index (κ1) is 19.4. The zero-order valence-electron chi connectivity index (χ0n) is 16.1. The van der Waals surface area contributed by atoms with E-state index in [1.807, 2.05) is 25.1 Å². The van der Waals surface area contributed by atoms with E-state index in [1.54, 1.807) is 12.1 Å². The number of benzene rings is 2. The number of sulfonamides is 1. The summed E-state index contributed by atoms with van der Waals surface area (Å²) < 4.78 is 25.8. The first-order chi connectivity index (χ1) is 12.7. The van der Waals surface area contributed by atoms with Gasteiger partial charge in [-0.2, -0.15) is 0 Å². The minimum atomic E-state index is -3.55. The molecule has 0 spiro atoms. The molecule has 7 heteroatoms. The van der Waals surface area contributed by atoms with Crippen molar-refractivity contribution in [3.05, 3.63) is 53.6 Å². The Kier molecular flexibility index (Phi) is 5.26. The van der Waals surface area contributed by atoms with Crippen molar-refractivity contribution in [2.45, 2.75) is 31.2 Å². The predicted octanol–water partition coefficient (Wildman–Crippen LogP) is 2.64. The van der Waals surface area contributed by atoms with Gasteiger partial charge in [0, 0.05) is 31.5 Å². The van der Waals surface area contributed by atoms with E-state index < -0.39 is 10.0 Å². The summed E-state index contributed by atoms with van der Waals surface area (Å²) in [5.74, 6) is -0.166. The lowest BCUT2D eigenvalue weighted by Crippen LogP contribution is -2.37. The van der Waals surface area contributed by atoms with Crippen LogP contribution in [0.5, 0.6) is 0 Å². The Hall–Kier alpha value is -2.38. The summed E-state index contributed by atoms with van der Waals surface area (Å²) in [5, 5.41) is 2.88. The molecule has 2 aromatic carbocycles. The molecule has 1 unspecified atom stereocenters. The molecule has 1 heterocycles. The van der Waals surface area contributed by atoms with Gasteiger partial charge in [0.2, 0.25) is 15.9 Å². The molecule has 1 aliphatic heterocycles. The Morgan fingerprint density at radius 3 is 2.63 bits per heavy atom. The number of nitrogens with one attached hydrogen (secondary N) is 1. The zero-order valence-corrected chi connectivity index (χ0v) is 16.9. The van der Waals surface area contributed by atoms with Gasteiger partial charge in [0.15, 0.2) is 0 Å². The molecule has 0 bridgehead atoms. The maximum Gasteiger partial charge on any atom is 0.243 e. The number of carbonyl (C=O) groups excluding carboxylic acids is 1. The highest BCUT2D eigenvalue weighted by molar-refractivity contribution is 7.89. The van der Waals surface area contributed by atoms with Gasteiger partial charge in [-0.15, -0.1) is 0 Å². The summed E-state index contributed by atoms with van der Waals surface area (Å²) in [6, 6.07) is 13.1. The average molecular weight is 388 g/mol. The Morgan fingerprint density at radius 1 is 1.22 bits per heavy atom. The van der Waals surface area contributed by atoms with Crippen LogP contribution in [0.4, 0.5) is 11.4 Å². The molecule has 0 aromatic heterocycles. The second-order valence-corrected chi connectivity index (χ2v) is 9.27. The van der Waals surface area contributed by atoms with Crippen LogP contribution in [0.25, 0.3) is 0 Å². The number of amides is 1. The first-order valence-electron chi connectivity index (χ1n) is 8.87. The number of aryl methyl sites for hydroxylation is 1. The topological polar surface area (TPSA) is 69.7 Å². The summed E-state index contributed by atoms with van der Waals surface area (Å²) >= 11 is 0. The molecular formula is C20H25N3O3S. The number of para-hydroxylation sites is 1. The van der Waals surface area contributed by atoms with Crippen molar-refractivity contribution >= 4 is 27.3 Å². The zero-order chi connectivity index (χ0) is 19.8. The summed E-state index contributed by atoms with van der Waals surface area (Å²) in [6.45, 7) is 4.17. The minimum Gasteiger partial charge on any atom is -0.359 e. The van der Waals surface area contributed by atoms with Crippen LogP contribution in [0, 0.1) is 6.92 Å². The van der Waals surface area contributed by atoms with E-state index >= 15 is 0 Å². The summed E-state index contributed by atoms with van der Waals surface area (Å²) in [7, 11) is -0.580. The third-order valence-corrected chi connectivity index (χ3v) is 6.74. The fraction of sp³-hybridized carbons (Fsp3) is 0.350. The number of hydrogen-bond donors (Lipinski definition) is 1. The van der Waals surface area contributed by atoms with Gasteiger partial charge in [0.05, 0.1) is 11.4 Å². The smallest absolute Gasteiger partial charge is 0.243 e. The van der Waals surface area contributed by atoms with Crippen molar-refractivity contribution < 1.29 is 13.2 Å². The molecule has 0 fully saturated rings. The Morgan fingerprint density at radius 2 is 1.93 bits per heavy atom. The molecule has 1 atom stereocenters. The second kappa shape index (κ2) is 7.32. The SMILES string of the molecule is Cc1ccc(S(=O)(=O)N(C)C)cc1NC(=O)CN1c2ccccc2CC1C. The number of hydrogen-bond acceptors (Lipinski definition) is 4. The van der Waals surface area contributed by atoms with Crippen LogP contribution in [0.15, 0.2) is 47.4 Å². The lowest BCUT2D eigenvalue weighted by molar-refractivity contribution is -0.115. The highest BCUT2D eigenvalue weighted by Crippen LogP contribution is 2.31. The molecule has 0 saturated heterocycles. The van der Waals surface area contributed by atoms with E-state index in [0.717, 1.165) is 22.0 Å². The molecular weight excluding hydrogens is 362 g/mol. The largest absolute Gasteiger partial charge is 0.359 e. The van der Waals surface area contributed by atoms with Crippen molar-refractivity contribution in [3.63, 3.8) is 0 Å². The van der Waals surface area contributed by atoms with E-state index in [9.17, 15) is 13.2 Å². The van der Waals surface area contributed by atoms with Gasteiger partial charge in [-0.05, 0) is 49.6 Å². The quantitative estimate of drug-likeness (QED) is 0.856. The molecule has 0 saturated carbocycles. The Bertz CT molecular complexity index is 970. The summed E-state index contributed by atoms with van der Waals surface area (Å²) in [6.07, 6.45) is 0.916. The van der Waals surface area contributed by atoms with Crippen LogP contribution < -0.4 is 10.2 Å². The first-order valence-corrected chi connectivity index (χ1v) is 10.3. The van der Waals surface area contributed by atoms with Gasteiger partial charge in [-0.25, -0.2) is 12.7 Å². The Labute approximate surface area is 160 Å². The highest BCUT2D eigenvalue weighted by Gasteiger charge is 2.27. The van der Waals surface area contributed by atoms with E-state index in [2.05, 4.69) is 23.2 Å². The van der Waals surface area contributed by atoms with Crippen LogP contribution >= 0.6 is 0 Å². The van der Waals surface area contributed by atoms with Crippen molar-refractivity contribution in [1.82, 2.24) is 4.31 Å². The van der Waals surface area contributed by atoms with Gasteiger partial charge in [-0.3, -0.25) is 4.79 Å². The van der Waals surface area contributed by atoms with Gasteiger partial charge in [-0.1, -0.05) is 24.3 Å². The van der Waals surface area contributed by atoms with Crippen LogP contribution in [-0.2, 0) is 21.2 Å². The maximum atomic E-state index is 12.7. The van der Waals surface area contributed by atoms with Crippen LogP contribution in [0.2, 0.25) is 0 Å². The molecule has 144 valence electrons.